The number of aryl methyl sites for hydroxylation is 2. The van der Waals surface area contributed by atoms with Crippen LogP contribution in [0.1, 0.15) is 27.1 Å². The maximum atomic E-state index is 3.80. The van der Waals surface area contributed by atoms with Gasteiger partial charge in [0.05, 0.1) is 0 Å². The topological polar surface area (TPSA) is 0 Å². The molecule has 0 aliphatic heterocycles. The maximum Gasteiger partial charge on any atom is 0.0435 e. The molecule has 0 aliphatic rings. The fraction of sp³-hybridized carbons (Fsp3) is 0.250. The molecule has 0 aromatic heterocycles. The van der Waals surface area contributed by atoms with Gasteiger partial charge in [0.1, 0.15) is 0 Å². The van der Waals surface area contributed by atoms with Crippen molar-refractivity contribution >= 4 is 31.9 Å². The van der Waals surface area contributed by atoms with E-state index in [1.165, 1.54) is 22.3 Å². The molecule has 0 saturated carbocycles. The van der Waals surface area contributed by atoms with E-state index >= 15 is 0 Å². The Labute approximate surface area is 126 Å². The smallest absolute Gasteiger partial charge is 0.0435 e. The highest BCUT2D eigenvalue weighted by Gasteiger charge is 2.09. The summed E-state index contributed by atoms with van der Waals surface area (Å²) in [6, 6.07) is 15.2. The predicted molar refractivity (Wildman–Crippen MR) is 85.4 cm³/mol. The minimum absolute atomic E-state index is 0.366. The molecule has 1 unspecified atom stereocenters. The van der Waals surface area contributed by atoms with E-state index in [4.69, 9.17) is 0 Å². The summed E-state index contributed by atoms with van der Waals surface area (Å²) < 4.78 is 1.14. The van der Waals surface area contributed by atoms with Crippen molar-refractivity contribution in [3.05, 3.63) is 69.2 Å². The zero-order valence-corrected chi connectivity index (χ0v) is 13.8. The largest absolute Gasteiger partial charge is 0.0835 e. The first-order valence-corrected chi connectivity index (χ1v) is 7.72. The van der Waals surface area contributed by atoms with Crippen molar-refractivity contribution in [3.63, 3.8) is 0 Å². The van der Waals surface area contributed by atoms with Gasteiger partial charge in [0.2, 0.25) is 0 Å². The third-order valence-corrected chi connectivity index (χ3v) is 4.26. The van der Waals surface area contributed by atoms with Crippen molar-refractivity contribution < 1.29 is 0 Å². The Hall–Kier alpha value is -0.600. The Morgan fingerprint density at radius 3 is 2.28 bits per heavy atom. The molecule has 0 N–H and O–H groups in total. The molecular weight excluding hydrogens is 352 g/mol. The Morgan fingerprint density at radius 2 is 1.67 bits per heavy atom. The van der Waals surface area contributed by atoms with Gasteiger partial charge in [-0.1, -0.05) is 73.3 Å². The van der Waals surface area contributed by atoms with E-state index in [9.17, 15) is 0 Å². The van der Waals surface area contributed by atoms with E-state index in [-0.39, 0.29) is 0 Å². The first-order chi connectivity index (χ1) is 8.54. The van der Waals surface area contributed by atoms with E-state index in [0.717, 1.165) is 10.9 Å². The molecule has 0 bridgehead atoms. The number of benzene rings is 2. The van der Waals surface area contributed by atoms with Crippen LogP contribution in [0.5, 0.6) is 0 Å². The van der Waals surface area contributed by atoms with E-state index in [2.05, 4.69) is 88.2 Å². The SMILES string of the molecule is Cc1cc(C)cc(C(Br)Cc2cccc(Br)c2)c1. The van der Waals surface area contributed by atoms with E-state index < -0.39 is 0 Å². The fourth-order valence-corrected chi connectivity index (χ4v) is 3.26. The lowest BCUT2D eigenvalue weighted by atomic mass is 10.0. The normalized spacial score (nSPS) is 12.4. The lowest BCUT2D eigenvalue weighted by Gasteiger charge is -2.12. The van der Waals surface area contributed by atoms with Gasteiger partial charge in [-0.05, 0) is 43.5 Å². The highest BCUT2D eigenvalue weighted by Crippen LogP contribution is 2.29. The van der Waals surface area contributed by atoms with Gasteiger partial charge < -0.3 is 0 Å². The number of hydrogen-bond donors (Lipinski definition) is 0. The molecule has 0 radical (unpaired) electrons. The van der Waals surface area contributed by atoms with Crippen LogP contribution in [0.4, 0.5) is 0 Å². The summed E-state index contributed by atoms with van der Waals surface area (Å²) in [5.74, 6) is 0. The summed E-state index contributed by atoms with van der Waals surface area (Å²) in [6.45, 7) is 4.30. The average Bonchev–Trinajstić information content (AvgIpc) is 2.27. The third-order valence-electron chi connectivity index (χ3n) is 2.91. The van der Waals surface area contributed by atoms with Crippen LogP contribution >= 0.6 is 31.9 Å². The lowest BCUT2D eigenvalue weighted by Crippen LogP contribution is -1.96. The van der Waals surface area contributed by atoms with Crippen molar-refractivity contribution in [2.45, 2.75) is 25.1 Å². The molecule has 2 heteroatoms. The molecule has 18 heavy (non-hydrogen) atoms. The van der Waals surface area contributed by atoms with Crippen LogP contribution in [0, 0.1) is 13.8 Å². The molecule has 0 fully saturated rings. The van der Waals surface area contributed by atoms with Crippen molar-refractivity contribution in [2.75, 3.05) is 0 Å². The summed E-state index contributed by atoms with van der Waals surface area (Å²) in [5, 5.41) is 0. The van der Waals surface area contributed by atoms with Gasteiger partial charge in [-0.3, -0.25) is 0 Å². The molecule has 2 aromatic rings. The molecule has 0 amide bonds. The number of alkyl halides is 1. The van der Waals surface area contributed by atoms with Gasteiger partial charge in [0.25, 0.3) is 0 Å². The summed E-state index contributed by atoms with van der Waals surface area (Å²) in [7, 11) is 0. The van der Waals surface area contributed by atoms with Gasteiger partial charge in [-0.2, -0.15) is 0 Å². The summed E-state index contributed by atoms with van der Waals surface area (Å²) in [4.78, 5) is 0.366. The Balaban J connectivity index is 2.19. The van der Waals surface area contributed by atoms with Crippen molar-refractivity contribution in [3.8, 4) is 0 Å². The van der Waals surface area contributed by atoms with Crippen LogP contribution in [0.3, 0.4) is 0 Å². The highest BCUT2D eigenvalue weighted by atomic mass is 79.9. The summed E-state index contributed by atoms with van der Waals surface area (Å²) >= 11 is 7.32. The fourth-order valence-electron chi connectivity index (χ4n) is 2.18. The van der Waals surface area contributed by atoms with Crippen molar-refractivity contribution in [1.29, 1.82) is 0 Å². The standard InChI is InChI=1S/C16H16Br2/c1-11-6-12(2)8-14(7-11)16(18)10-13-4-3-5-15(17)9-13/h3-9,16H,10H2,1-2H3. The molecule has 2 rings (SSSR count). The molecule has 0 spiro atoms. The summed E-state index contributed by atoms with van der Waals surface area (Å²) in [6.07, 6.45) is 1.00. The van der Waals surface area contributed by atoms with E-state index in [0.29, 0.717) is 4.83 Å². The van der Waals surface area contributed by atoms with Gasteiger partial charge in [0.15, 0.2) is 0 Å². The second-order valence-electron chi connectivity index (χ2n) is 4.72. The number of hydrogen-bond acceptors (Lipinski definition) is 0. The molecule has 0 nitrogen and oxygen atoms in total. The number of halogens is 2. The van der Waals surface area contributed by atoms with Gasteiger partial charge in [-0.25, -0.2) is 0 Å². The number of rotatable bonds is 3. The van der Waals surface area contributed by atoms with Crippen LogP contribution in [0.2, 0.25) is 0 Å². The third kappa shape index (κ3) is 3.69. The van der Waals surface area contributed by atoms with E-state index in [1.54, 1.807) is 0 Å². The maximum absolute atomic E-state index is 3.80. The van der Waals surface area contributed by atoms with Crippen molar-refractivity contribution in [1.82, 2.24) is 0 Å². The van der Waals surface area contributed by atoms with Crippen LogP contribution in [0.25, 0.3) is 0 Å². The first-order valence-electron chi connectivity index (χ1n) is 6.01. The molecule has 94 valence electrons. The molecule has 0 aliphatic carbocycles. The van der Waals surface area contributed by atoms with Crippen LogP contribution in [-0.2, 0) is 6.42 Å². The Kier molecular flexibility index (Phi) is 4.63. The summed E-state index contributed by atoms with van der Waals surface area (Å²) in [5.41, 5.74) is 5.34. The Bertz CT molecular complexity index is 526. The van der Waals surface area contributed by atoms with E-state index in [1.807, 2.05) is 0 Å². The van der Waals surface area contributed by atoms with Crippen LogP contribution in [-0.4, -0.2) is 0 Å². The molecule has 0 heterocycles. The quantitative estimate of drug-likeness (QED) is 0.606. The minimum Gasteiger partial charge on any atom is -0.0835 e. The molecule has 1 atom stereocenters. The molecule has 0 saturated heterocycles. The second kappa shape index (κ2) is 6.03. The predicted octanol–water partition coefficient (Wildman–Crippen LogP) is 5.74. The lowest BCUT2D eigenvalue weighted by molar-refractivity contribution is 0.943. The van der Waals surface area contributed by atoms with Crippen LogP contribution in [0.15, 0.2) is 46.9 Å². The zero-order chi connectivity index (χ0) is 13.1. The molecule has 2 aromatic carbocycles. The first kappa shape index (κ1) is 13.8. The Morgan fingerprint density at radius 1 is 1.00 bits per heavy atom. The van der Waals surface area contributed by atoms with Crippen LogP contribution < -0.4 is 0 Å². The van der Waals surface area contributed by atoms with Gasteiger partial charge in [-0.15, -0.1) is 0 Å². The monoisotopic (exact) mass is 366 g/mol. The van der Waals surface area contributed by atoms with Gasteiger partial charge >= 0.3 is 0 Å². The highest BCUT2D eigenvalue weighted by molar-refractivity contribution is 9.10. The zero-order valence-electron chi connectivity index (χ0n) is 10.6. The average molecular weight is 368 g/mol. The minimum atomic E-state index is 0.366. The van der Waals surface area contributed by atoms with Gasteiger partial charge in [0, 0.05) is 9.30 Å². The second-order valence-corrected chi connectivity index (χ2v) is 6.74. The van der Waals surface area contributed by atoms with Crippen molar-refractivity contribution in [2.24, 2.45) is 0 Å². The molecular formula is C16H16Br2.